The van der Waals surface area contributed by atoms with E-state index < -0.39 is 74.8 Å². The fraction of sp³-hybridized carbons (Fsp3) is 0. The molecule has 0 amide bonds. The number of rotatable bonds is 6. The van der Waals surface area contributed by atoms with Crippen LogP contribution in [0.5, 0.6) is 0 Å². The van der Waals surface area contributed by atoms with E-state index in [4.69, 9.17) is 11.1 Å². The lowest BCUT2D eigenvalue weighted by atomic mass is 10.1. The van der Waals surface area contributed by atoms with Crippen LogP contribution in [0.15, 0.2) is 22.4 Å². The van der Waals surface area contributed by atoms with Crippen molar-refractivity contribution < 1.29 is 39.9 Å². The maximum Gasteiger partial charge on any atom is 0.178 e. The van der Waals surface area contributed by atoms with Gasteiger partial charge in [-0.05, 0) is 35.4 Å². The minimum Gasteiger partial charge on any atom is -0.290 e. The van der Waals surface area contributed by atoms with Gasteiger partial charge in [-0.2, -0.15) is 0 Å². The normalized spacial score (nSPS) is 11.0. The van der Waals surface area contributed by atoms with Crippen molar-refractivity contribution >= 4 is 29.3 Å². The second kappa shape index (κ2) is 9.64. The van der Waals surface area contributed by atoms with Gasteiger partial charge in [0.2, 0.25) is 0 Å². The molecule has 0 radical (unpaired) electrons. The molecule has 0 aromatic heterocycles. The Labute approximate surface area is 171 Å². The molecule has 0 heterocycles. The number of azide groups is 2. The molecule has 164 valence electrons. The van der Waals surface area contributed by atoms with Gasteiger partial charge in [0.25, 0.3) is 0 Å². The number of carbonyl (C=O) groups excluding carboxylic acids is 1. The number of hydrogen-bond donors (Lipinski definition) is 0. The summed E-state index contributed by atoms with van der Waals surface area (Å²) >= 11 is 0. The third kappa shape index (κ3) is 4.38. The molecule has 7 nitrogen and oxygen atoms in total. The molecule has 2 rings (SSSR count). The topological polar surface area (TPSA) is 115 Å². The molecule has 0 bridgehead atoms. The first kappa shape index (κ1) is 23.9. The van der Waals surface area contributed by atoms with Crippen molar-refractivity contribution in [3.63, 3.8) is 0 Å². The van der Waals surface area contributed by atoms with Gasteiger partial charge in [0, 0.05) is 9.82 Å². The second-order valence-corrected chi connectivity index (χ2v) is 5.48. The molecule has 0 aliphatic carbocycles. The van der Waals surface area contributed by atoms with Crippen LogP contribution in [-0.2, 0) is 4.79 Å². The van der Waals surface area contributed by atoms with Crippen LogP contribution in [0, 0.1) is 46.5 Å². The Morgan fingerprint density at radius 3 is 1.12 bits per heavy atom. The molecular weight excluding hydrogens is 456 g/mol. The van der Waals surface area contributed by atoms with Crippen LogP contribution in [0.4, 0.5) is 46.5 Å². The van der Waals surface area contributed by atoms with E-state index in [1.807, 2.05) is 9.82 Å². The highest BCUT2D eigenvalue weighted by Crippen LogP contribution is 2.32. The summed E-state index contributed by atoms with van der Waals surface area (Å²) in [6.45, 7) is 0. The minimum absolute atomic E-state index is 0.252. The highest BCUT2D eigenvalue weighted by molar-refractivity contribution is 6.04. The molecule has 0 atom stereocenters. The Morgan fingerprint density at radius 2 is 0.875 bits per heavy atom. The molecule has 32 heavy (non-hydrogen) atoms. The standard InChI is InChI=1S/C17H4F8N6O/c18-8-6(9(19)13(23)16(12(8)22)28-30-26)3-1-5(32)2-4-7-10(20)14(24)17(29-31-27)15(25)11(7)21/h1-4H/b3-1+,4-2+. The Morgan fingerprint density at radius 1 is 0.594 bits per heavy atom. The van der Waals surface area contributed by atoms with Crippen molar-refractivity contribution in [3.8, 4) is 0 Å². The van der Waals surface area contributed by atoms with E-state index in [1.165, 1.54) is 0 Å². The predicted octanol–water partition coefficient (Wildman–Crippen LogP) is 6.98. The summed E-state index contributed by atoms with van der Waals surface area (Å²) in [7, 11) is 0. The average Bonchev–Trinajstić information content (AvgIpc) is 2.77. The summed E-state index contributed by atoms with van der Waals surface area (Å²) in [6, 6.07) is 0. The van der Waals surface area contributed by atoms with Crippen molar-refractivity contribution in [2.24, 2.45) is 10.2 Å². The third-order valence-electron chi connectivity index (χ3n) is 3.67. The fourth-order valence-electron chi connectivity index (χ4n) is 2.22. The largest absolute Gasteiger partial charge is 0.290 e. The molecule has 2 aromatic rings. The molecule has 0 saturated heterocycles. The van der Waals surface area contributed by atoms with Gasteiger partial charge in [-0.15, -0.1) is 0 Å². The number of benzene rings is 2. The van der Waals surface area contributed by atoms with E-state index in [9.17, 15) is 39.9 Å². The van der Waals surface area contributed by atoms with Crippen molar-refractivity contribution in [1.29, 1.82) is 0 Å². The molecule has 0 aliphatic rings. The zero-order valence-electron chi connectivity index (χ0n) is 14.9. The Hall–Kier alpha value is -4.35. The molecule has 0 saturated carbocycles. The SMILES string of the molecule is [N-]=[N+]=Nc1c(F)c(F)c(/C=C/C(=O)/C=C/c2c(F)c(F)c(N=[N+]=[N-])c(F)c2F)c(F)c1F. The van der Waals surface area contributed by atoms with E-state index >= 15 is 0 Å². The van der Waals surface area contributed by atoms with E-state index in [0.29, 0.717) is 12.2 Å². The lowest BCUT2D eigenvalue weighted by molar-refractivity contribution is -0.110. The lowest BCUT2D eigenvalue weighted by Crippen LogP contribution is -2.01. The first-order chi connectivity index (χ1) is 15.1. The van der Waals surface area contributed by atoms with Gasteiger partial charge in [0.05, 0.1) is 11.1 Å². The monoisotopic (exact) mass is 460 g/mol. The minimum atomic E-state index is -2.06. The van der Waals surface area contributed by atoms with Crippen molar-refractivity contribution in [1.82, 2.24) is 0 Å². The predicted molar refractivity (Wildman–Crippen MR) is 93.2 cm³/mol. The summed E-state index contributed by atoms with van der Waals surface area (Å²) in [5, 5.41) is 4.93. The summed E-state index contributed by atoms with van der Waals surface area (Å²) in [5.74, 6) is -17.6. The number of nitrogens with zero attached hydrogens (tertiary/aromatic N) is 6. The van der Waals surface area contributed by atoms with Crippen LogP contribution in [-0.4, -0.2) is 5.78 Å². The van der Waals surface area contributed by atoms with Gasteiger partial charge in [0.15, 0.2) is 52.3 Å². The molecule has 0 N–H and O–H groups in total. The molecule has 0 aliphatic heterocycles. The van der Waals surface area contributed by atoms with Crippen LogP contribution in [0.3, 0.4) is 0 Å². The molecule has 0 spiro atoms. The fourth-order valence-corrected chi connectivity index (χ4v) is 2.22. The zero-order chi connectivity index (χ0) is 24.2. The Bertz CT molecular complexity index is 1140. The van der Waals surface area contributed by atoms with E-state index in [1.54, 1.807) is 0 Å². The molecule has 15 heteroatoms. The number of ketones is 1. The number of allylic oxidation sites excluding steroid dienone is 2. The van der Waals surface area contributed by atoms with Gasteiger partial charge >= 0.3 is 0 Å². The first-order valence-corrected chi connectivity index (χ1v) is 7.78. The van der Waals surface area contributed by atoms with Crippen molar-refractivity contribution in [2.75, 3.05) is 0 Å². The molecule has 0 fully saturated rings. The summed E-state index contributed by atoms with van der Waals surface area (Å²) in [4.78, 5) is 15.7. The maximum absolute atomic E-state index is 13.9. The Balaban J connectivity index is 2.43. The van der Waals surface area contributed by atoms with Gasteiger partial charge in [-0.3, -0.25) is 4.79 Å². The first-order valence-electron chi connectivity index (χ1n) is 7.78. The average molecular weight is 460 g/mol. The van der Waals surface area contributed by atoms with Gasteiger partial charge in [-0.25, -0.2) is 35.1 Å². The summed E-state index contributed by atoms with van der Waals surface area (Å²) < 4.78 is 110. The number of hydrogen-bond acceptors (Lipinski definition) is 3. The molecule has 2 aromatic carbocycles. The highest BCUT2D eigenvalue weighted by Gasteiger charge is 2.24. The molecule has 0 unspecified atom stereocenters. The van der Waals surface area contributed by atoms with Crippen LogP contribution < -0.4 is 0 Å². The Kier molecular flexibility index (Phi) is 7.21. The van der Waals surface area contributed by atoms with E-state index in [-0.39, 0.29) is 12.2 Å². The van der Waals surface area contributed by atoms with Gasteiger partial charge < -0.3 is 0 Å². The van der Waals surface area contributed by atoms with Gasteiger partial charge in [0.1, 0.15) is 11.4 Å². The van der Waals surface area contributed by atoms with E-state index in [2.05, 4.69) is 10.2 Å². The maximum atomic E-state index is 13.9. The van der Waals surface area contributed by atoms with Crippen molar-refractivity contribution in [2.45, 2.75) is 0 Å². The van der Waals surface area contributed by atoms with Crippen LogP contribution in [0.25, 0.3) is 33.0 Å². The van der Waals surface area contributed by atoms with Crippen molar-refractivity contribution in [3.05, 3.63) is 90.7 Å². The zero-order valence-corrected chi connectivity index (χ0v) is 14.9. The van der Waals surface area contributed by atoms with Crippen LogP contribution in [0.2, 0.25) is 0 Å². The highest BCUT2D eigenvalue weighted by atomic mass is 19.2. The lowest BCUT2D eigenvalue weighted by Gasteiger charge is -2.06. The summed E-state index contributed by atoms with van der Waals surface area (Å²) in [6.07, 6.45) is 1.12. The van der Waals surface area contributed by atoms with Crippen LogP contribution >= 0.6 is 0 Å². The number of carbonyl (C=O) groups is 1. The van der Waals surface area contributed by atoms with Crippen LogP contribution in [0.1, 0.15) is 11.1 Å². The smallest absolute Gasteiger partial charge is 0.178 e. The number of halogens is 8. The van der Waals surface area contributed by atoms with E-state index in [0.717, 1.165) is 0 Å². The quantitative estimate of drug-likeness (QED) is 0.114. The summed E-state index contributed by atoms with van der Waals surface area (Å²) in [5.41, 5.74) is 10.3. The molecular formula is C17H4F8N6O. The third-order valence-corrected chi connectivity index (χ3v) is 3.67. The van der Waals surface area contributed by atoms with Gasteiger partial charge in [-0.1, -0.05) is 10.2 Å². The second-order valence-electron chi connectivity index (χ2n) is 5.48.